The van der Waals surface area contributed by atoms with Crippen LogP contribution in [0.4, 0.5) is 10.7 Å². The number of aromatic nitrogens is 4. The summed E-state index contributed by atoms with van der Waals surface area (Å²) >= 11 is 0. The van der Waals surface area contributed by atoms with Crippen LogP contribution >= 0.6 is 0 Å². The van der Waals surface area contributed by atoms with E-state index in [4.69, 9.17) is 14.2 Å². The molecule has 1 aromatic rings. The number of nitrogens with one attached hydrogen (secondary N) is 1. The third-order valence-corrected chi connectivity index (χ3v) is 3.87. The number of carbonyl (C=O) groups is 1. The molecule has 1 amide bonds. The third kappa shape index (κ3) is 5.53. The molecule has 142 valence electrons. The fourth-order valence-corrected chi connectivity index (χ4v) is 2.68. The molecule has 1 saturated heterocycles. The van der Waals surface area contributed by atoms with Gasteiger partial charge in [0.05, 0.1) is 19.1 Å². The van der Waals surface area contributed by atoms with Crippen LogP contribution in [-0.2, 0) is 20.8 Å². The number of hydrogen-bond acceptors (Lipinski definition) is 8. The van der Waals surface area contributed by atoms with E-state index in [2.05, 4.69) is 20.8 Å². The van der Waals surface area contributed by atoms with Gasteiger partial charge >= 0.3 is 6.09 Å². The Morgan fingerprint density at radius 2 is 2.08 bits per heavy atom. The van der Waals surface area contributed by atoms with Crippen molar-refractivity contribution in [1.82, 2.24) is 25.1 Å². The van der Waals surface area contributed by atoms with Gasteiger partial charge in [-0.3, -0.25) is 0 Å². The molecule has 0 radical (unpaired) electrons. The zero-order valence-electron chi connectivity index (χ0n) is 15.6. The summed E-state index contributed by atoms with van der Waals surface area (Å²) in [5.41, 5.74) is -0.513. The summed E-state index contributed by atoms with van der Waals surface area (Å²) in [5, 5.41) is 14.8. The van der Waals surface area contributed by atoms with Crippen molar-refractivity contribution in [1.29, 1.82) is 0 Å². The quantitative estimate of drug-likeness (QED) is 0.725. The second-order valence-electron chi connectivity index (χ2n) is 6.94. The number of amides is 1. The van der Waals surface area contributed by atoms with Gasteiger partial charge in [-0.2, -0.15) is 0 Å². The maximum absolute atomic E-state index is 12.4. The Balaban J connectivity index is 1.97. The minimum atomic E-state index is -0.513. The summed E-state index contributed by atoms with van der Waals surface area (Å²) in [6, 6.07) is -0.000419. The van der Waals surface area contributed by atoms with Crippen LogP contribution in [0.1, 0.15) is 33.6 Å². The minimum absolute atomic E-state index is 0.000419. The first-order valence-electron chi connectivity index (χ1n) is 8.39. The predicted molar refractivity (Wildman–Crippen MR) is 90.1 cm³/mol. The number of likely N-dealkylation sites (tertiary alicyclic amines) is 1. The van der Waals surface area contributed by atoms with Crippen molar-refractivity contribution in [3.63, 3.8) is 0 Å². The van der Waals surface area contributed by atoms with Gasteiger partial charge in [-0.25, -0.2) is 9.48 Å². The maximum atomic E-state index is 12.4. The molecule has 1 aliphatic heterocycles. The van der Waals surface area contributed by atoms with Crippen LogP contribution in [0.3, 0.4) is 0 Å². The first kappa shape index (κ1) is 19.4. The van der Waals surface area contributed by atoms with Gasteiger partial charge in [-0.05, 0) is 44.0 Å². The van der Waals surface area contributed by atoms with E-state index in [1.807, 2.05) is 20.8 Å². The maximum Gasteiger partial charge on any atom is 0.410 e. The zero-order valence-corrected chi connectivity index (χ0v) is 15.6. The van der Waals surface area contributed by atoms with Crippen LogP contribution in [0.5, 0.6) is 0 Å². The van der Waals surface area contributed by atoms with Crippen LogP contribution in [0.2, 0.25) is 0 Å². The van der Waals surface area contributed by atoms with E-state index in [9.17, 15) is 4.79 Å². The van der Waals surface area contributed by atoms with Gasteiger partial charge in [0.2, 0.25) is 5.95 Å². The normalized spacial score (nSPS) is 18.0. The molecule has 1 aliphatic rings. The summed E-state index contributed by atoms with van der Waals surface area (Å²) < 4.78 is 17.4. The Labute approximate surface area is 147 Å². The number of tetrazole rings is 1. The number of hydrogen-bond donors (Lipinski definition) is 1. The van der Waals surface area contributed by atoms with Crippen LogP contribution < -0.4 is 5.32 Å². The van der Waals surface area contributed by atoms with Crippen LogP contribution in [-0.4, -0.2) is 76.4 Å². The molecule has 2 heterocycles. The molecule has 2 rings (SSSR count). The van der Waals surface area contributed by atoms with Crippen molar-refractivity contribution >= 4 is 12.0 Å². The lowest BCUT2D eigenvalue weighted by Gasteiger charge is -2.28. The van der Waals surface area contributed by atoms with E-state index in [1.165, 1.54) is 0 Å². The van der Waals surface area contributed by atoms with E-state index < -0.39 is 11.9 Å². The molecule has 1 fully saturated rings. The highest BCUT2D eigenvalue weighted by Crippen LogP contribution is 2.22. The van der Waals surface area contributed by atoms with Crippen LogP contribution in [0.25, 0.3) is 0 Å². The van der Waals surface area contributed by atoms with Gasteiger partial charge in [0.25, 0.3) is 0 Å². The van der Waals surface area contributed by atoms with E-state index in [0.29, 0.717) is 25.6 Å². The lowest BCUT2D eigenvalue weighted by atomic mass is 10.2. The number of ether oxygens (including phenoxy) is 3. The topological polar surface area (TPSA) is 104 Å². The van der Waals surface area contributed by atoms with Crippen molar-refractivity contribution in [2.75, 3.05) is 32.6 Å². The summed E-state index contributed by atoms with van der Waals surface area (Å²) in [4.78, 5) is 14.1. The Kier molecular flexibility index (Phi) is 6.54. The second kappa shape index (κ2) is 8.43. The Morgan fingerprint density at radius 3 is 2.72 bits per heavy atom. The minimum Gasteiger partial charge on any atom is -0.444 e. The van der Waals surface area contributed by atoms with Gasteiger partial charge in [0.15, 0.2) is 6.29 Å². The van der Waals surface area contributed by atoms with Gasteiger partial charge in [-0.1, -0.05) is 5.10 Å². The lowest BCUT2D eigenvalue weighted by Crippen LogP contribution is -2.41. The molecule has 0 bridgehead atoms. The second-order valence-corrected chi connectivity index (χ2v) is 6.94. The van der Waals surface area contributed by atoms with Crippen LogP contribution in [0.15, 0.2) is 0 Å². The van der Waals surface area contributed by atoms with Crippen molar-refractivity contribution in [2.45, 2.75) is 58.1 Å². The summed E-state index contributed by atoms with van der Waals surface area (Å²) in [7, 11) is 3.13. The molecule has 1 atom stereocenters. The van der Waals surface area contributed by atoms with E-state index in [1.54, 1.807) is 23.8 Å². The molecule has 0 aliphatic carbocycles. The van der Waals surface area contributed by atoms with E-state index >= 15 is 0 Å². The van der Waals surface area contributed by atoms with Gasteiger partial charge in [-0.15, -0.1) is 0 Å². The van der Waals surface area contributed by atoms with E-state index in [0.717, 1.165) is 12.8 Å². The summed E-state index contributed by atoms with van der Waals surface area (Å²) in [6.07, 6.45) is 1.13. The largest absolute Gasteiger partial charge is 0.444 e. The number of anilines is 1. The third-order valence-electron chi connectivity index (χ3n) is 3.87. The highest BCUT2D eigenvalue weighted by molar-refractivity contribution is 5.68. The first-order valence-corrected chi connectivity index (χ1v) is 8.39. The van der Waals surface area contributed by atoms with Crippen molar-refractivity contribution in [3.8, 4) is 0 Å². The van der Waals surface area contributed by atoms with Crippen molar-refractivity contribution in [3.05, 3.63) is 0 Å². The lowest BCUT2D eigenvalue weighted by molar-refractivity contribution is -0.0915. The van der Waals surface area contributed by atoms with Crippen molar-refractivity contribution in [2.24, 2.45) is 0 Å². The monoisotopic (exact) mass is 356 g/mol. The van der Waals surface area contributed by atoms with Gasteiger partial charge in [0.1, 0.15) is 5.60 Å². The average molecular weight is 356 g/mol. The van der Waals surface area contributed by atoms with E-state index in [-0.39, 0.29) is 12.1 Å². The molecule has 25 heavy (non-hydrogen) atoms. The zero-order chi connectivity index (χ0) is 18.4. The summed E-state index contributed by atoms with van der Waals surface area (Å²) in [6.45, 7) is 7.18. The highest BCUT2D eigenvalue weighted by atomic mass is 16.7. The Hall–Kier alpha value is -1.94. The molecule has 1 unspecified atom stereocenters. The van der Waals surface area contributed by atoms with Gasteiger partial charge in [0, 0.05) is 20.8 Å². The molecular formula is C15H28N6O4. The molecule has 0 saturated carbocycles. The standard InChI is InChI=1S/C15H28N6O4/c1-15(2,3)25-14(22)20-8-6-7-11(20)10-21-13(17-18-19-21)16-9-12(23-4)24-5/h11-12H,6-10H2,1-5H3,(H,16,17,19). The Morgan fingerprint density at radius 1 is 1.36 bits per heavy atom. The molecule has 0 spiro atoms. The summed E-state index contributed by atoms with van der Waals surface area (Å²) in [5.74, 6) is 0.509. The fourth-order valence-electron chi connectivity index (χ4n) is 2.68. The fraction of sp³-hybridized carbons (Fsp3) is 0.867. The first-order chi connectivity index (χ1) is 11.8. The molecular weight excluding hydrogens is 328 g/mol. The Bertz CT molecular complexity index is 554. The number of methoxy groups -OCH3 is 2. The average Bonchev–Trinajstić information content (AvgIpc) is 3.17. The van der Waals surface area contributed by atoms with Crippen molar-refractivity contribution < 1.29 is 19.0 Å². The van der Waals surface area contributed by atoms with Gasteiger partial charge < -0.3 is 24.4 Å². The number of rotatable bonds is 7. The molecule has 10 nitrogen and oxygen atoms in total. The van der Waals surface area contributed by atoms with Crippen LogP contribution in [0, 0.1) is 0 Å². The highest BCUT2D eigenvalue weighted by Gasteiger charge is 2.33. The molecule has 1 N–H and O–H groups in total. The predicted octanol–water partition coefficient (Wildman–Crippen LogP) is 1.10. The number of carbonyl (C=O) groups excluding carboxylic acids is 1. The molecule has 10 heteroatoms. The number of nitrogens with zero attached hydrogens (tertiary/aromatic N) is 5. The molecule has 1 aromatic heterocycles. The smallest absolute Gasteiger partial charge is 0.410 e. The molecule has 0 aromatic carbocycles. The SMILES string of the molecule is COC(CNc1nnnn1CC1CCCN1C(=O)OC(C)(C)C)OC.